The SMILES string of the molecule is CCc1ccccc1CNC(C)c1cnn(C)c1. The molecule has 2 rings (SSSR count). The summed E-state index contributed by atoms with van der Waals surface area (Å²) in [6.07, 6.45) is 5.06. The van der Waals surface area contributed by atoms with Crippen LogP contribution < -0.4 is 5.32 Å². The van der Waals surface area contributed by atoms with Crippen molar-refractivity contribution < 1.29 is 0 Å². The van der Waals surface area contributed by atoms with Gasteiger partial charge in [-0.05, 0) is 24.5 Å². The highest BCUT2D eigenvalue weighted by Gasteiger charge is 2.07. The van der Waals surface area contributed by atoms with Gasteiger partial charge in [-0.1, -0.05) is 31.2 Å². The van der Waals surface area contributed by atoms with E-state index in [2.05, 4.69) is 54.7 Å². The normalized spacial score (nSPS) is 12.6. The number of rotatable bonds is 5. The van der Waals surface area contributed by atoms with Gasteiger partial charge in [0.15, 0.2) is 0 Å². The van der Waals surface area contributed by atoms with Crippen molar-refractivity contribution in [2.45, 2.75) is 32.9 Å². The van der Waals surface area contributed by atoms with Crippen molar-refractivity contribution in [1.29, 1.82) is 0 Å². The summed E-state index contributed by atoms with van der Waals surface area (Å²) in [4.78, 5) is 0. The molecule has 0 bridgehead atoms. The van der Waals surface area contributed by atoms with Crippen molar-refractivity contribution in [2.24, 2.45) is 7.05 Å². The number of nitrogens with one attached hydrogen (secondary N) is 1. The molecule has 1 aromatic heterocycles. The first-order chi connectivity index (χ1) is 8.70. The first-order valence-electron chi connectivity index (χ1n) is 6.49. The molecule has 0 aliphatic rings. The minimum Gasteiger partial charge on any atom is -0.306 e. The van der Waals surface area contributed by atoms with Gasteiger partial charge in [-0.2, -0.15) is 5.10 Å². The van der Waals surface area contributed by atoms with Crippen LogP contribution in [0.3, 0.4) is 0 Å². The lowest BCUT2D eigenvalue weighted by molar-refractivity contribution is 0.572. The summed E-state index contributed by atoms with van der Waals surface area (Å²) in [7, 11) is 1.95. The summed E-state index contributed by atoms with van der Waals surface area (Å²) in [5, 5.41) is 7.75. The van der Waals surface area contributed by atoms with Crippen molar-refractivity contribution in [3.63, 3.8) is 0 Å². The maximum Gasteiger partial charge on any atom is 0.0537 e. The van der Waals surface area contributed by atoms with Gasteiger partial charge in [0.25, 0.3) is 0 Å². The summed E-state index contributed by atoms with van der Waals surface area (Å²) in [6, 6.07) is 8.93. The number of aromatic nitrogens is 2. The highest BCUT2D eigenvalue weighted by Crippen LogP contribution is 2.14. The van der Waals surface area contributed by atoms with Crippen LogP contribution in [0.1, 0.15) is 36.6 Å². The van der Waals surface area contributed by atoms with E-state index in [0.29, 0.717) is 6.04 Å². The van der Waals surface area contributed by atoms with Gasteiger partial charge in [-0.25, -0.2) is 0 Å². The fourth-order valence-electron chi connectivity index (χ4n) is 2.12. The molecule has 0 fully saturated rings. The Balaban J connectivity index is 1.99. The number of hydrogen-bond acceptors (Lipinski definition) is 2. The largest absolute Gasteiger partial charge is 0.306 e. The second kappa shape index (κ2) is 5.83. The summed E-state index contributed by atoms with van der Waals surface area (Å²) in [5.74, 6) is 0. The number of hydrogen-bond donors (Lipinski definition) is 1. The molecule has 0 saturated heterocycles. The third kappa shape index (κ3) is 2.99. The Morgan fingerprint density at radius 3 is 2.61 bits per heavy atom. The topological polar surface area (TPSA) is 29.9 Å². The van der Waals surface area contributed by atoms with Gasteiger partial charge >= 0.3 is 0 Å². The molecule has 0 spiro atoms. The van der Waals surface area contributed by atoms with E-state index in [1.54, 1.807) is 0 Å². The Morgan fingerprint density at radius 1 is 1.28 bits per heavy atom. The molecule has 96 valence electrons. The van der Waals surface area contributed by atoms with Crippen molar-refractivity contribution in [3.05, 3.63) is 53.3 Å². The Bertz CT molecular complexity index is 502. The van der Waals surface area contributed by atoms with Gasteiger partial charge in [-0.15, -0.1) is 0 Å². The fraction of sp³-hybridized carbons (Fsp3) is 0.400. The van der Waals surface area contributed by atoms with E-state index < -0.39 is 0 Å². The number of benzene rings is 1. The summed E-state index contributed by atoms with van der Waals surface area (Å²) in [5.41, 5.74) is 4.03. The molecule has 0 aliphatic heterocycles. The van der Waals surface area contributed by atoms with E-state index in [-0.39, 0.29) is 0 Å². The monoisotopic (exact) mass is 243 g/mol. The average Bonchev–Trinajstić information content (AvgIpc) is 2.83. The number of nitrogens with zero attached hydrogens (tertiary/aromatic N) is 2. The van der Waals surface area contributed by atoms with Crippen LogP contribution in [0.25, 0.3) is 0 Å². The van der Waals surface area contributed by atoms with Crippen LogP contribution in [0.5, 0.6) is 0 Å². The van der Waals surface area contributed by atoms with Crippen LogP contribution in [0, 0.1) is 0 Å². The summed E-state index contributed by atoms with van der Waals surface area (Å²) >= 11 is 0. The van der Waals surface area contributed by atoms with Crippen LogP contribution in [0.4, 0.5) is 0 Å². The predicted molar refractivity (Wildman–Crippen MR) is 74.3 cm³/mol. The Kier molecular flexibility index (Phi) is 4.15. The van der Waals surface area contributed by atoms with Crippen molar-refractivity contribution >= 4 is 0 Å². The molecule has 1 aromatic carbocycles. The highest BCUT2D eigenvalue weighted by atomic mass is 15.2. The minimum absolute atomic E-state index is 0.323. The Labute approximate surface area is 109 Å². The lowest BCUT2D eigenvalue weighted by Gasteiger charge is -2.14. The Morgan fingerprint density at radius 2 is 2.00 bits per heavy atom. The molecule has 3 heteroatoms. The van der Waals surface area contributed by atoms with Gasteiger partial charge in [0, 0.05) is 31.4 Å². The lowest BCUT2D eigenvalue weighted by atomic mass is 10.0. The zero-order valence-electron chi connectivity index (χ0n) is 11.4. The van der Waals surface area contributed by atoms with Crippen molar-refractivity contribution in [1.82, 2.24) is 15.1 Å². The molecular formula is C15H21N3. The smallest absolute Gasteiger partial charge is 0.0537 e. The van der Waals surface area contributed by atoms with Gasteiger partial charge in [0.2, 0.25) is 0 Å². The second-order valence-corrected chi connectivity index (χ2v) is 4.67. The van der Waals surface area contributed by atoms with Crippen LogP contribution in [-0.2, 0) is 20.0 Å². The molecule has 0 aliphatic carbocycles. The molecule has 0 radical (unpaired) electrons. The first kappa shape index (κ1) is 12.8. The van der Waals surface area contributed by atoms with E-state index in [0.717, 1.165) is 13.0 Å². The molecule has 0 amide bonds. The van der Waals surface area contributed by atoms with Gasteiger partial charge in [-0.3, -0.25) is 4.68 Å². The van der Waals surface area contributed by atoms with Crippen LogP contribution in [-0.4, -0.2) is 9.78 Å². The van der Waals surface area contributed by atoms with Crippen LogP contribution >= 0.6 is 0 Å². The Hall–Kier alpha value is -1.61. The lowest BCUT2D eigenvalue weighted by Crippen LogP contribution is -2.18. The van der Waals surface area contributed by atoms with E-state index in [1.807, 2.05) is 17.9 Å². The molecule has 18 heavy (non-hydrogen) atoms. The molecule has 1 heterocycles. The quantitative estimate of drug-likeness (QED) is 0.875. The predicted octanol–water partition coefficient (Wildman–Crippen LogP) is 2.83. The molecule has 0 saturated carbocycles. The highest BCUT2D eigenvalue weighted by molar-refractivity contribution is 5.27. The molecule has 1 atom stereocenters. The third-order valence-electron chi connectivity index (χ3n) is 3.32. The molecular weight excluding hydrogens is 222 g/mol. The van der Waals surface area contributed by atoms with Crippen LogP contribution in [0.2, 0.25) is 0 Å². The zero-order chi connectivity index (χ0) is 13.0. The minimum atomic E-state index is 0.323. The van der Waals surface area contributed by atoms with Crippen molar-refractivity contribution in [2.75, 3.05) is 0 Å². The molecule has 3 nitrogen and oxygen atoms in total. The first-order valence-corrected chi connectivity index (χ1v) is 6.49. The van der Waals surface area contributed by atoms with Gasteiger partial charge in [0.1, 0.15) is 0 Å². The molecule has 2 aromatic rings. The van der Waals surface area contributed by atoms with E-state index in [1.165, 1.54) is 16.7 Å². The van der Waals surface area contributed by atoms with E-state index in [9.17, 15) is 0 Å². The van der Waals surface area contributed by atoms with Gasteiger partial charge < -0.3 is 5.32 Å². The fourth-order valence-corrected chi connectivity index (χ4v) is 2.12. The molecule has 1 unspecified atom stereocenters. The third-order valence-corrected chi connectivity index (χ3v) is 3.32. The van der Waals surface area contributed by atoms with E-state index >= 15 is 0 Å². The zero-order valence-corrected chi connectivity index (χ0v) is 11.4. The average molecular weight is 243 g/mol. The van der Waals surface area contributed by atoms with Crippen molar-refractivity contribution in [3.8, 4) is 0 Å². The maximum absolute atomic E-state index is 4.20. The summed E-state index contributed by atoms with van der Waals surface area (Å²) < 4.78 is 1.84. The molecule has 1 N–H and O–H groups in total. The van der Waals surface area contributed by atoms with E-state index in [4.69, 9.17) is 0 Å². The second-order valence-electron chi connectivity index (χ2n) is 4.67. The number of aryl methyl sites for hydroxylation is 2. The maximum atomic E-state index is 4.20. The standard InChI is InChI=1S/C15H21N3/c1-4-13-7-5-6-8-14(13)9-16-12(2)15-10-17-18(3)11-15/h5-8,10-12,16H,4,9H2,1-3H3. The van der Waals surface area contributed by atoms with Crippen LogP contribution in [0.15, 0.2) is 36.7 Å². The summed E-state index contributed by atoms with van der Waals surface area (Å²) in [6.45, 7) is 5.27. The van der Waals surface area contributed by atoms with Gasteiger partial charge in [0.05, 0.1) is 6.20 Å².